The van der Waals surface area contributed by atoms with Gasteiger partial charge in [-0.25, -0.2) is 0 Å². The fourth-order valence-electron chi connectivity index (χ4n) is 2.33. The first kappa shape index (κ1) is 16.0. The Morgan fingerprint density at radius 3 is 2.79 bits per heavy atom. The Morgan fingerprint density at radius 2 is 2.11 bits per heavy atom. The summed E-state index contributed by atoms with van der Waals surface area (Å²) in [6, 6.07) is -0.245. The molecule has 1 fully saturated rings. The zero-order valence-electron chi connectivity index (χ0n) is 12.1. The maximum atomic E-state index is 11.9. The topological polar surface area (TPSA) is 58.6 Å². The summed E-state index contributed by atoms with van der Waals surface area (Å²) in [6.07, 6.45) is 4.92. The van der Waals surface area contributed by atoms with Crippen molar-refractivity contribution in [2.45, 2.75) is 52.0 Å². The van der Waals surface area contributed by atoms with Gasteiger partial charge in [0.1, 0.15) is 6.04 Å². The van der Waals surface area contributed by atoms with Crippen molar-refractivity contribution in [2.24, 2.45) is 0 Å². The Kier molecular flexibility index (Phi) is 7.48. The molecule has 1 amide bonds. The van der Waals surface area contributed by atoms with Gasteiger partial charge >= 0.3 is 5.97 Å². The highest BCUT2D eigenvalue weighted by Gasteiger charge is 2.30. The average Bonchev–Trinajstić information content (AvgIpc) is 2.40. The van der Waals surface area contributed by atoms with Crippen LogP contribution in [0.15, 0.2) is 0 Å². The lowest BCUT2D eigenvalue weighted by atomic mass is 10.0. The fraction of sp³-hybridized carbons (Fsp3) is 0.857. The molecule has 1 saturated heterocycles. The number of ether oxygens (including phenoxy) is 1. The number of carbonyl (C=O) groups excluding carboxylic acids is 2. The highest BCUT2D eigenvalue weighted by molar-refractivity contribution is 5.80. The predicted molar refractivity (Wildman–Crippen MR) is 73.8 cm³/mol. The number of likely N-dealkylation sites (tertiary alicyclic amines) is 1. The van der Waals surface area contributed by atoms with Crippen LogP contribution in [0.5, 0.6) is 0 Å². The number of piperidine rings is 1. The maximum Gasteiger partial charge on any atom is 0.323 e. The van der Waals surface area contributed by atoms with E-state index in [0.29, 0.717) is 19.7 Å². The molecule has 5 nitrogen and oxygen atoms in total. The number of hydrogen-bond donors (Lipinski definition) is 1. The largest absolute Gasteiger partial charge is 0.465 e. The lowest BCUT2D eigenvalue weighted by Gasteiger charge is -2.33. The van der Waals surface area contributed by atoms with E-state index in [9.17, 15) is 9.59 Å². The summed E-state index contributed by atoms with van der Waals surface area (Å²) in [6.45, 7) is 6.10. The van der Waals surface area contributed by atoms with E-state index in [1.165, 1.54) is 0 Å². The van der Waals surface area contributed by atoms with Crippen molar-refractivity contribution in [3.05, 3.63) is 0 Å². The molecule has 1 unspecified atom stereocenters. The Balaban J connectivity index is 2.43. The maximum absolute atomic E-state index is 11.9. The van der Waals surface area contributed by atoms with Crippen LogP contribution in [0.3, 0.4) is 0 Å². The third-order valence-electron chi connectivity index (χ3n) is 3.37. The lowest BCUT2D eigenvalue weighted by Crippen LogP contribution is -2.49. The number of nitrogens with zero attached hydrogens (tertiary/aromatic N) is 1. The van der Waals surface area contributed by atoms with E-state index in [2.05, 4.69) is 12.2 Å². The lowest BCUT2D eigenvalue weighted by molar-refractivity contribution is -0.151. The molecule has 0 aromatic carbocycles. The molecule has 5 heteroatoms. The third kappa shape index (κ3) is 5.59. The molecule has 1 atom stereocenters. The summed E-state index contributed by atoms with van der Waals surface area (Å²) in [5.41, 5.74) is 0. The van der Waals surface area contributed by atoms with Gasteiger partial charge in [-0.15, -0.1) is 0 Å². The molecule has 0 aromatic heterocycles. The molecule has 1 heterocycles. The van der Waals surface area contributed by atoms with Gasteiger partial charge in [-0.2, -0.15) is 0 Å². The molecule has 0 saturated carbocycles. The van der Waals surface area contributed by atoms with E-state index in [4.69, 9.17) is 4.74 Å². The van der Waals surface area contributed by atoms with Crippen molar-refractivity contribution < 1.29 is 14.3 Å². The summed E-state index contributed by atoms with van der Waals surface area (Å²) >= 11 is 0. The van der Waals surface area contributed by atoms with E-state index in [1.807, 2.05) is 11.8 Å². The van der Waals surface area contributed by atoms with Crippen LogP contribution in [0.2, 0.25) is 0 Å². The molecule has 1 rings (SSSR count). The highest BCUT2D eigenvalue weighted by Crippen LogP contribution is 2.17. The fourth-order valence-corrected chi connectivity index (χ4v) is 2.33. The van der Waals surface area contributed by atoms with Gasteiger partial charge in [-0.3, -0.25) is 14.5 Å². The normalized spacial score (nSPS) is 20.0. The molecule has 0 bridgehead atoms. The molecule has 0 aliphatic carbocycles. The Hall–Kier alpha value is -1.10. The van der Waals surface area contributed by atoms with Gasteiger partial charge < -0.3 is 10.1 Å². The number of hydrogen-bond acceptors (Lipinski definition) is 4. The summed E-state index contributed by atoms with van der Waals surface area (Å²) < 4.78 is 5.08. The van der Waals surface area contributed by atoms with Crippen LogP contribution in [-0.4, -0.2) is 49.1 Å². The third-order valence-corrected chi connectivity index (χ3v) is 3.37. The molecular formula is C14H26N2O3. The number of amides is 1. The van der Waals surface area contributed by atoms with Crippen LogP contribution in [-0.2, 0) is 14.3 Å². The molecule has 1 aliphatic heterocycles. The molecule has 0 aromatic rings. The van der Waals surface area contributed by atoms with Crippen molar-refractivity contribution in [1.29, 1.82) is 0 Å². The SMILES string of the molecule is CCCCNC(=O)CN1CCCCC1C(=O)OCC. The summed E-state index contributed by atoms with van der Waals surface area (Å²) in [5, 5.41) is 2.89. The second-order valence-corrected chi connectivity index (χ2v) is 4.94. The van der Waals surface area contributed by atoms with Crippen molar-refractivity contribution in [3.8, 4) is 0 Å². The first-order valence-electron chi connectivity index (χ1n) is 7.36. The zero-order chi connectivity index (χ0) is 14.1. The number of nitrogens with one attached hydrogen (secondary N) is 1. The molecule has 0 spiro atoms. The first-order valence-corrected chi connectivity index (χ1v) is 7.36. The van der Waals surface area contributed by atoms with Crippen LogP contribution in [0.1, 0.15) is 46.0 Å². The number of esters is 1. The number of carbonyl (C=O) groups is 2. The Morgan fingerprint density at radius 1 is 1.32 bits per heavy atom. The van der Waals surface area contributed by atoms with E-state index in [0.717, 1.165) is 38.6 Å². The highest BCUT2D eigenvalue weighted by atomic mass is 16.5. The predicted octanol–water partition coefficient (Wildman–Crippen LogP) is 1.32. The van der Waals surface area contributed by atoms with E-state index >= 15 is 0 Å². The summed E-state index contributed by atoms with van der Waals surface area (Å²) in [5.74, 6) is -0.187. The van der Waals surface area contributed by atoms with Crippen LogP contribution < -0.4 is 5.32 Å². The van der Waals surface area contributed by atoms with Crippen molar-refractivity contribution in [3.63, 3.8) is 0 Å². The first-order chi connectivity index (χ1) is 9.19. The number of rotatable bonds is 7. The van der Waals surface area contributed by atoms with Gasteiger partial charge in [-0.05, 0) is 32.7 Å². The van der Waals surface area contributed by atoms with Gasteiger partial charge in [0, 0.05) is 6.54 Å². The van der Waals surface area contributed by atoms with Gasteiger partial charge in [0.2, 0.25) is 5.91 Å². The quantitative estimate of drug-likeness (QED) is 0.560. The second-order valence-electron chi connectivity index (χ2n) is 4.94. The number of unbranched alkanes of at least 4 members (excludes halogenated alkanes) is 1. The molecule has 1 N–H and O–H groups in total. The summed E-state index contributed by atoms with van der Waals surface area (Å²) in [4.78, 5) is 25.6. The van der Waals surface area contributed by atoms with Crippen LogP contribution in [0, 0.1) is 0 Å². The van der Waals surface area contributed by atoms with Gasteiger partial charge in [-0.1, -0.05) is 19.8 Å². The van der Waals surface area contributed by atoms with Crippen LogP contribution in [0.25, 0.3) is 0 Å². The molecule has 19 heavy (non-hydrogen) atoms. The van der Waals surface area contributed by atoms with E-state index in [-0.39, 0.29) is 17.9 Å². The van der Waals surface area contributed by atoms with Crippen molar-refractivity contribution in [1.82, 2.24) is 10.2 Å². The Labute approximate surface area is 115 Å². The van der Waals surface area contributed by atoms with Crippen LogP contribution in [0.4, 0.5) is 0 Å². The average molecular weight is 270 g/mol. The molecular weight excluding hydrogens is 244 g/mol. The minimum Gasteiger partial charge on any atom is -0.465 e. The van der Waals surface area contributed by atoms with E-state index in [1.54, 1.807) is 0 Å². The van der Waals surface area contributed by atoms with Crippen molar-refractivity contribution in [2.75, 3.05) is 26.2 Å². The molecule has 1 aliphatic rings. The Bertz CT molecular complexity index is 294. The van der Waals surface area contributed by atoms with E-state index < -0.39 is 0 Å². The van der Waals surface area contributed by atoms with Gasteiger partial charge in [0.05, 0.1) is 13.2 Å². The minimum atomic E-state index is -0.245. The molecule has 110 valence electrons. The smallest absolute Gasteiger partial charge is 0.323 e. The van der Waals surface area contributed by atoms with Gasteiger partial charge in [0.25, 0.3) is 0 Å². The molecule has 0 radical (unpaired) electrons. The van der Waals surface area contributed by atoms with Gasteiger partial charge in [0.15, 0.2) is 0 Å². The second kappa shape index (κ2) is 8.91. The monoisotopic (exact) mass is 270 g/mol. The standard InChI is InChI=1S/C14H26N2O3/c1-3-5-9-15-13(17)11-16-10-7-6-8-12(16)14(18)19-4-2/h12H,3-11H2,1-2H3,(H,15,17). The minimum absolute atomic E-state index is 0.00430. The summed E-state index contributed by atoms with van der Waals surface area (Å²) in [7, 11) is 0. The van der Waals surface area contributed by atoms with Crippen molar-refractivity contribution >= 4 is 11.9 Å². The van der Waals surface area contributed by atoms with Crippen LogP contribution >= 0.6 is 0 Å². The zero-order valence-corrected chi connectivity index (χ0v) is 12.1.